The van der Waals surface area contributed by atoms with E-state index in [9.17, 15) is 9.59 Å². The van der Waals surface area contributed by atoms with Crippen molar-refractivity contribution in [2.75, 3.05) is 11.1 Å². The Morgan fingerprint density at radius 2 is 1.83 bits per heavy atom. The molecule has 2 aromatic carbocycles. The number of hydrogen-bond donors (Lipinski definition) is 1. The van der Waals surface area contributed by atoms with Crippen molar-refractivity contribution in [3.8, 4) is 0 Å². The zero-order valence-electron chi connectivity index (χ0n) is 17.1. The molecule has 0 aliphatic rings. The number of fused-ring (bicyclic) bond motifs is 1. The molecule has 1 heterocycles. The van der Waals surface area contributed by atoms with Crippen molar-refractivity contribution in [3.63, 3.8) is 0 Å². The summed E-state index contributed by atoms with van der Waals surface area (Å²) in [5.74, 6) is 0.845. The van der Waals surface area contributed by atoms with Crippen LogP contribution in [-0.2, 0) is 11.3 Å². The van der Waals surface area contributed by atoms with Crippen LogP contribution in [0.1, 0.15) is 44.0 Å². The van der Waals surface area contributed by atoms with E-state index in [1.165, 1.54) is 11.8 Å². The normalized spacial score (nSPS) is 11.2. The maximum absolute atomic E-state index is 12.7. The first-order valence-electron chi connectivity index (χ1n) is 9.99. The van der Waals surface area contributed by atoms with Crippen molar-refractivity contribution in [3.05, 3.63) is 54.1 Å². The van der Waals surface area contributed by atoms with Gasteiger partial charge in [-0.2, -0.15) is 0 Å². The molecule has 0 radical (unpaired) electrons. The molecule has 3 aromatic rings. The number of nitrogens with zero attached hydrogens (tertiary/aromatic N) is 2. The van der Waals surface area contributed by atoms with Crippen molar-refractivity contribution < 1.29 is 9.59 Å². The quantitative estimate of drug-likeness (QED) is 0.379. The second kappa shape index (κ2) is 9.74. The van der Waals surface area contributed by atoms with Gasteiger partial charge in [-0.15, -0.1) is 0 Å². The van der Waals surface area contributed by atoms with Gasteiger partial charge in [-0.25, -0.2) is 4.98 Å². The number of ketones is 1. The molecule has 5 nitrogen and oxygen atoms in total. The van der Waals surface area contributed by atoms with Crippen LogP contribution in [-0.4, -0.2) is 27.0 Å². The lowest BCUT2D eigenvalue weighted by atomic mass is 10.1. The maximum atomic E-state index is 12.7. The van der Waals surface area contributed by atoms with E-state index in [0.29, 0.717) is 29.3 Å². The number of rotatable bonds is 9. The van der Waals surface area contributed by atoms with Crippen LogP contribution in [0.5, 0.6) is 0 Å². The number of carbonyl (C=O) groups excluding carboxylic acids is 2. The predicted molar refractivity (Wildman–Crippen MR) is 120 cm³/mol. The first-order chi connectivity index (χ1) is 14.0. The lowest BCUT2D eigenvalue weighted by Gasteiger charge is -2.11. The number of thioether (sulfide) groups is 1. The Kier molecular flexibility index (Phi) is 7.09. The molecule has 1 N–H and O–H groups in total. The first-order valence-corrected chi connectivity index (χ1v) is 11.0. The molecule has 0 saturated heterocycles. The third-order valence-electron chi connectivity index (χ3n) is 4.47. The van der Waals surface area contributed by atoms with Crippen molar-refractivity contribution in [2.24, 2.45) is 5.92 Å². The van der Waals surface area contributed by atoms with Gasteiger partial charge >= 0.3 is 0 Å². The third-order valence-corrected chi connectivity index (χ3v) is 5.44. The summed E-state index contributed by atoms with van der Waals surface area (Å²) in [7, 11) is 0. The van der Waals surface area contributed by atoms with Crippen LogP contribution in [0.25, 0.3) is 11.0 Å². The number of imidazole rings is 1. The van der Waals surface area contributed by atoms with E-state index in [1.54, 1.807) is 24.3 Å². The fourth-order valence-electron chi connectivity index (χ4n) is 3.11. The van der Waals surface area contributed by atoms with Gasteiger partial charge in [0, 0.05) is 24.2 Å². The minimum absolute atomic E-state index is 0.00816. The molecule has 1 aromatic heterocycles. The summed E-state index contributed by atoms with van der Waals surface area (Å²) in [6.07, 6.45) is 1.30. The van der Waals surface area contributed by atoms with Crippen molar-refractivity contribution >= 4 is 40.2 Å². The number of benzene rings is 2. The van der Waals surface area contributed by atoms with Crippen LogP contribution in [0.2, 0.25) is 0 Å². The van der Waals surface area contributed by atoms with E-state index in [-0.39, 0.29) is 11.7 Å². The van der Waals surface area contributed by atoms with Crippen LogP contribution in [0.15, 0.2) is 53.7 Å². The zero-order chi connectivity index (χ0) is 20.8. The van der Waals surface area contributed by atoms with Crippen molar-refractivity contribution in [1.29, 1.82) is 0 Å². The van der Waals surface area contributed by atoms with Gasteiger partial charge < -0.3 is 9.88 Å². The summed E-state index contributed by atoms with van der Waals surface area (Å²) in [4.78, 5) is 29.1. The average Bonchev–Trinajstić information content (AvgIpc) is 3.04. The molecule has 29 heavy (non-hydrogen) atoms. The number of hydrogen-bond acceptors (Lipinski definition) is 4. The Bertz CT molecular complexity index is 993. The van der Waals surface area contributed by atoms with Gasteiger partial charge in [0.2, 0.25) is 5.91 Å². The third kappa shape index (κ3) is 5.48. The zero-order valence-corrected chi connectivity index (χ0v) is 18.0. The number of carbonyl (C=O) groups is 2. The van der Waals surface area contributed by atoms with E-state index in [0.717, 1.165) is 29.2 Å². The minimum atomic E-state index is -0.00816. The molecule has 0 spiro atoms. The molecule has 0 aliphatic heterocycles. The standard InChI is InChI=1S/C23H27N3O2S/c1-4-7-22(28)24-18-12-10-17(11-13-18)21(27)15-29-23-25-19-8-5-6-9-20(19)26(23)14-16(2)3/h5-6,8-13,16H,4,7,14-15H2,1-3H3,(H,24,28). The molecule has 0 bridgehead atoms. The summed E-state index contributed by atoms with van der Waals surface area (Å²) >= 11 is 1.47. The van der Waals surface area contributed by atoms with Gasteiger partial charge in [0.25, 0.3) is 0 Å². The highest BCUT2D eigenvalue weighted by atomic mass is 32.2. The highest BCUT2D eigenvalue weighted by molar-refractivity contribution is 7.99. The van der Waals surface area contributed by atoms with E-state index < -0.39 is 0 Å². The SMILES string of the molecule is CCCC(=O)Nc1ccc(C(=O)CSc2nc3ccccc3n2CC(C)C)cc1. The first kappa shape index (κ1) is 21.1. The van der Waals surface area contributed by atoms with Gasteiger partial charge in [-0.1, -0.05) is 44.7 Å². The minimum Gasteiger partial charge on any atom is -0.326 e. The molecular weight excluding hydrogens is 382 g/mol. The fraction of sp³-hybridized carbons (Fsp3) is 0.348. The number of anilines is 1. The molecule has 152 valence electrons. The van der Waals surface area contributed by atoms with Gasteiger partial charge in [0.05, 0.1) is 16.8 Å². The van der Waals surface area contributed by atoms with Crippen LogP contribution in [0, 0.1) is 5.92 Å². The van der Waals surface area contributed by atoms with Crippen LogP contribution >= 0.6 is 11.8 Å². The van der Waals surface area contributed by atoms with Crippen molar-refractivity contribution in [2.45, 2.75) is 45.3 Å². The highest BCUT2D eigenvalue weighted by Gasteiger charge is 2.15. The van der Waals surface area contributed by atoms with Gasteiger partial charge in [0.15, 0.2) is 10.9 Å². The van der Waals surface area contributed by atoms with Crippen LogP contribution in [0.3, 0.4) is 0 Å². The van der Waals surface area contributed by atoms with Gasteiger partial charge in [0.1, 0.15) is 0 Å². The Morgan fingerprint density at radius 1 is 1.10 bits per heavy atom. The van der Waals surface area contributed by atoms with E-state index in [4.69, 9.17) is 4.98 Å². The summed E-state index contributed by atoms with van der Waals surface area (Å²) in [5.41, 5.74) is 3.41. The fourth-order valence-corrected chi connectivity index (χ4v) is 4.03. The monoisotopic (exact) mass is 409 g/mol. The molecule has 0 saturated carbocycles. The number of amides is 1. The highest BCUT2D eigenvalue weighted by Crippen LogP contribution is 2.26. The number of aromatic nitrogens is 2. The Balaban J connectivity index is 1.68. The van der Waals surface area contributed by atoms with E-state index in [1.807, 2.05) is 25.1 Å². The second-order valence-corrected chi connectivity index (χ2v) is 8.42. The Morgan fingerprint density at radius 3 is 2.52 bits per heavy atom. The second-order valence-electron chi connectivity index (χ2n) is 7.47. The smallest absolute Gasteiger partial charge is 0.224 e. The van der Waals surface area contributed by atoms with Crippen LogP contribution < -0.4 is 5.32 Å². The average molecular weight is 410 g/mol. The molecular formula is C23H27N3O2S. The number of nitrogens with one attached hydrogen (secondary N) is 1. The molecule has 3 rings (SSSR count). The summed E-state index contributed by atoms with van der Waals surface area (Å²) in [6, 6.07) is 15.2. The van der Waals surface area contributed by atoms with E-state index in [2.05, 4.69) is 29.8 Å². The molecule has 6 heteroatoms. The van der Waals surface area contributed by atoms with Crippen molar-refractivity contribution in [1.82, 2.24) is 9.55 Å². The summed E-state index contributed by atoms with van der Waals surface area (Å²) in [5, 5.41) is 3.71. The molecule has 0 atom stereocenters. The largest absolute Gasteiger partial charge is 0.326 e. The Hall–Kier alpha value is -2.60. The lowest BCUT2D eigenvalue weighted by Crippen LogP contribution is -2.11. The van der Waals surface area contributed by atoms with Gasteiger partial charge in [-0.05, 0) is 48.7 Å². The molecule has 1 amide bonds. The summed E-state index contributed by atoms with van der Waals surface area (Å²) < 4.78 is 2.20. The van der Waals surface area contributed by atoms with E-state index >= 15 is 0 Å². The lowest BCUT2D eigenvalue weighted by molar-refractivity contribution is -0.116. The number of para-hydroxylation sites is 2. The molecule has 0 fully saturated rings. The Labute approximate surface area is 175 Å². The maximum Gasteiger partial charge on any atom is 0.224 e. The topological polar surface area (TPSA) is 64.0 Å². The predicted octanol–water partition coefficient (Wildman–Crippen LogP) is 5.41. The van der Waals surface area contributed by atoms with Gasteiger partial charge in [-0.3, -0.25) is 9.59 Å². The summed E-state index contributed by atoms with van der Waals surface area (Å²) in [6.45, 7) is 7.18. The number of Topliss-reactive ketones (excluding diaryl/α,β-unsaturated/α-hetero) is 1. The van der Waals surface area contributed by atoms with Crippen LogP contribution in [0.4, 0.5) is 5.69 Å². The molecule has 0 aliphatic carbocycles. The molecule has 0 unspecified atom stereocenters.